The van der Waals surface area contributed by atoms with Gasteiger partial charge in [-0.25, -0.2) is 4.90 Å². The van der Waals surface area contributed by atoms with Crippen LogP contribution in [0.5, 0.6) is 0 Å². The van der Waals surface area contributed by atoms with Gasteiger partial charge >= 0.3 is 24.7 Å². The molecule has 4 amide bonds. The first kappa shape index (κ1) is 47.8. The van der Waals surface area contributed by atoms with Gasteiger partial charge in [-0.1, -0.05) is 71.4 Å². The van der Waals surface area contributed by atoms with Crippen molar-refractivity contribution in [3.05, 3.63) is 123 Å². The van der Waals surface area contributed by atoms with Crippen molar-refractivity contribution in [2.75, 3.05) is 4.90 Å². The van der Waals surface area contributed by atoms with Crippen LogP contribution in [0.3, 0.4) is 0 Å². The van der Waals surface area contributed by atoms with Gasteiger partial charge in [-0.3, -0.25) is 24.1 Å². The van der Waals surface area contributed by atoms with Crippen LogP contribution in [-0.4, -0.2) is 46.4 Å². The predicted molar refractivity (Wildman–Crippen MR) is 211 cm³/mol. The van der Waals surface area contributed by atoms with E-state index in [0.717, 1.165) is 17.0 Å². The summed E-state index contributed by atoms with van der Waals surface area (Å²) in [6, 6.07) is 6.65. The number of alkyl halides is 12. The highest BCUT2D eigenvalue weighted by molar-refractivity contribution is 6.34. The maximum atomic E-state index is 15.4. The van der Waals surface area contributed by atoms with Crippen LogP contribution in [0.25, 0.3) is 11.1 Å². The van der Waals surface area contributed by atoms with Gasteiger partial charge in [0.15, 0.2) is 0 Å². The number of benzene rings is 4. The van der Waals surface area contributed by atoms with Crippen molar-refractivity contribution < 1.29 is 71.9 Å². The molecule has 18 heteroatoms. The fourth-order valence-corrected chi connectivity index (χ4v) is 8.83. The van der Waals surface area contributed by atoms with E-state index >= 15 is 26.3 Å². The third kappa shape index (κ3) is 7.33. The van der Waals surface area contributed by atoms with Crippen LogP contribution >= 0.6 is 0 Å². The van der Waals surface area contributed by atoms with Crippen molar-refractivity contribution in [1.29, 1.82) is 0 Å². The highest BCUT2D eigenvalue weighted by atomic mass is 19.4. The Morgan fingerprint density at radius 1 is 0.453 bits per heavy atom. The molecule has 6 rings (SSSR count). The summed E-state index contributed by atoms with van der Waals surface area (Å²) >= 11 is 0. The Morgan fingerprint density at radius 2 is 0.859 bits per heavy atom. The minimum Gasteiger partial charge on any atom is -0.269 e. The fourth-order valence-electron chi connectivity index (χ4n) is 8.83. The van der Waals surface area contributed by atoms with Gasteiger partial charge in [-0.15, -0.1) is 0 Å². The lowest BCUT2D eigenvalue weighted by atomic mass is 9.71. The van der Waals surface area contributed by atoms with E-state index < -0.39 is 126 Å². The molecule has 0 aromatic heterocycles. The second-order valence-corrected chi connectivity index (χ2v) is 16.5. The van der Waals surface area contributed by atoms with Crippen molar-refractivity contribution in [3.8, 4) is 11.1 Å². The van der Waals surface area contributed by atoms with E-state index in [2.05, 4.69) is 0 Å². The summed E-state index contributed by atoms with van der Waals surface area (Å²) in [4.78, 5) is 55.2. The average molecular weight is 913 g/mol. The van der Waals surface area contributed by atoms with E-state index in [0.29, 0.717) is 55.7 Å². The molecule has 1 unspecified atom stereocenters. The molecule has 64 heavy (non-hydrogen) atoms. The van der Waals surface area contributed by atoms with Gasteiger partial charge in [0.2, 0.25) is 5.41 Å². The van der Waals surface area contributed by atoms with Crippen LogP contribution in [0.2, 0.25) is 0 Å². The zero-order valence-electron chi connectivity index (χ0n) is 35.0. The number of hydrogen-bond acceptors (Lipinski definition) is 4. The third-order valence-electron chi connectivity index (χ3n) is 13.0. The molecule has 0 N–H and O–H groups in total. The zero-order valence-corrected chi connectivity index (χ0v) is 35.0. The molecule has 0 saturated heterocycles. The van der Waals surface area contributed by atoms with Crippen LogP contribution in [0.15, 0.2) is 72.8 Å². The number of nitrogens with zero attached hydrogens (tertiary/aromatic N) is 2. The van der Waals surface area contributed by atoms with Crippen molar-refractivity contribution in [2.45, 2.75) is 115 Å². The molecule has 2 aliphatic heterocycles. The Hall–Kier alpha value is -5.68. The van der Waals surface area contributed by atoms with Gasteiger partial charge in [-0.05, 0) is 108 Å². The highest BCUT2D eigenvalue weighted by Gasteiger charge is 2.73. The van der Waals surface area contributed by atoms with Crippen LogP contribution in [0.4, 0.5) is 58.4 Å². The van der Waals surface area contributed by atoms with E-state index in [4.69, 9.17) is 0 Å². The first-order chi connectivity index (χ1) is 29.5. The highest BCUT2D eigenvalue weighted by Crippen LogP contribution is 2.57. The Balaban J connectivity index is 1.48. The molecule has 6 nitrogen and oxygen atoms in total. The maximum absolute atomic E-state index is 15.4. The lowest BCUT2D eigenvalue weighted by Gasteiger charge is -2.38. The minimum atomic E-state index is -6.29. The summed E-state index contributed by atoms with van der Waals surface area (Å²) in [6.45, 7) is 10.1. The van der Waals surface area contributed by atoms with E-state index in [1.54, 1.807) is 27.7 Å². The zero-order chi connectivity index (χ0) is 47.9. The minimum absolute atomic E-state index is 0.0637. The first-order valence-corrected chi connectivity index (χ1v) is 20.1. The number of halogens is 12. The van der Waals surface area contributed by atoms with Gasteiger partial charge in [-0.2, -0.15) is 52.7 Å². The largest absolute Gasteiger partial charge is 0.417 e. The van der Waals surface area contributed by atoms with E-state index in [-0.39, 0.29) is 41.5 Å². The number of rotatable bonds is 11. The molecule has 4 aromatic carbocycles. The predicted octanol–water partition coefficient (Wildman–Crippen LogP) is 13.2. The van der Waals surface area contributed by atoms with Crippen molar-refractivity contribution in [1.82, 2.24) is 4.90 Å². The second kappa shape index (κ2) is 15.8. The van der Waals surface area contributed by atoms with E-state index in [1.807, 2.05) is 6.92 Å². The third-order valence-corrected chi connectivity index (χ3v) is 13.0. The van der Waals surface area contributed by atoms with Crippen molar-refractivity contribution in [2.24, 2.45) is 0 Å². The Bertz CT molecular complexity index is 2560. The molecule has 2 heterocycles. The number of carbonyl (C=O) groups excluding carboxylic acids is 4. The molecule has 0 spiro atoms. The molecule has 0 aliphatic carbocycles. The maximum Gasteiger partial charge on any atom is 0.417 e. The molecule has 2 aliphatic rings. The molecule has 4 aromatic rings. The SMILES string of the molecule is CCCC(C)(CC)c1ccc(-c2ccc(N3C(=O)c4ccc(C(c5ccc6c(c5)C(=O)N(C(C)(CC)CC)C6=O)(C(F)(F)F)C(F)(F)F)cc4C3=O)cc2C(F)(F)F)c(C(F)(F)F)c1. The van der Waals surface area contributed by atoms with Crippen LogP contribution in [0.1, 0.15) is 143 Å². The summed E-state index contributed by atoms with van der Waals surface area (Å²) < 4.78 is 180. The molecule has 0 radical (unpaired) electrons. The summed E-state index contributed by atoms with van der Waals surface area (Å²) in [6.07, 6.45) is -21.3. The van der Waals surface area contributed by atoms with Crippen LogP contribution < -0.4 is 4.90 Å². The summed E-state index contributed by atoms with van der Waals surface area (Å²) in [7, 11) is 0. The number of fused-ring (bicyclic) bond motifs is 2. The Labute approximate surface area is 359 Å². The van der Waals surface area contributed by atoms with E-state index in [1.165, 1.54) is 13.0 Å². The van der Waals surface area contributed by atoms with Gasteiger partial charge < -0.3 is 0 Å². The van der Waals surface area contributed by atoms with Gasteiger partial charge in [0.05, 0.1) is 39.1 Å². The summed E-state index contributed by atoms with van der Waals surface area (Å²) in [5.41, 5.74) is -18.9. The van der Waals surface area contributed by atoms with Crippen molar-refractivity contribution in [3.63, 3.8) is 0 Å². The monoisotopic (exact) mass is 912 g/mol. The number of hydrogen-bond donors (Lipinski definition) is 0. The quantitative estimate of drug-likeness (QED) is 0.111. The smallest absolute Gasteiger partial charge is 0.269 e. The molecule has 0 bridgehead atoms. The van der Waals surface area contributed by atoms with Crippen LogP contribution in [0, 0.1) is 0 Å². The van der Waals surface area contributed by atoms with Gasteiger partial charge in [0.25, 0.3) is 23.6 Å². The number of imide groups is 2. The fraction of sp³-hybridized carbons (Fsp3) is 0.391. The standard InChI is InChI=1S/C46H40F12N2O4/c1-7-19-40(5,8-2)24-11-15-28(34(22-24)43(47,48)49)29-18-14-27(23-35(29)44(50,51)52)59-36(61)30-16-12-25(20-32(30)37(59)62)42(45(53,54)55,46(56,57)58)26-13-17-31-33(21-26)39(64)60(38(31)63)41(6,9-3)10-4/h11-18,20-23H,7-10,19H2,1-6H3. The lowest BCUT2D eigenvalue weighted by Crippen LogP contribution is -2.55. The number of carbonyl (C=O) groups is 4. The summed E-state index contributed by atoms with van der Waals surface area (Å²) in [5.74, 6) is -5.17. The van der Waals surface area contributed by atoms with E-state index in [9.17, 15) is 45.5 Å². The topological polar surface area (TPSA) is 74.8 Å². The van der Waals surface area contributed by atoms with Crippen molar-refractivity contribution >= 4 is 29.3 Å². The molecule has 1 atom stereocenters. The molecule has 0 saturated carbocycles. The molecule has 0 fully saturated rings. The molecular weight excluding hydrogens is 872 g/mol. The number of amides is 4. The second-order valence-electron chi connectivity index (χ2n) is 16.5. The Morgan fingerprint density at radius 3 is 1.31 bits per heavy atom. The Kier molecular flexibility index (Phi) is 11.8. The molecular formula is C46H40F12N2O4. The first-order valence-electron chi connectivity index (χ1n) is 20.1. The molecule has 342 valence electrons. The average Bonchev–Trinajstić information content (AvgIpc) is 3.61. The van der Waals surface area contributed by atoms with Gasteiger partial charge in [0, 0.05) is 5.54 Å². The number of anilines is 1. The summed E-state index contributed by atoms with van der Waals surface area (Å²) in [5, 5.41) is 0. The normalized spacial score (nSPS) is 16.2. The van der Waals surface area contributed by atoms with Crippen LogP contribution in [-0.2, 0) is 23.2 Å². The lowest BCUT2D eigenvalue weighted by molar-refractivity contribution is -0.288. The van der Waals surface area contributed by atoms with Gasteiger partial charge in [0.1, 0.15) is 0 Å².